The van der Waals surface area contributed by atoms with Crippen LogP contribution in [0.2, 0.25) is 5.02 Å². The SMILES string of the molecule is CC(C(OC(N)=O)c1cccc(Cl)c1)n1cnnn1. The number of rotatable bonds is 4. The topological polar surface area (TPSA) is 95.9 Å². The highest BCUT2D eigenvalue weighted by Crippen LogP contribution is 2.30. The van der Waals surface area contributed by atoms with Gasteiger partial charge in [-0.05, 0) is 35.0 Å². The van der Waals surface area contributed by atoms with Gasteiger partial charge in [0.1, 0.15) is 6.33 Å². The molecule has 0 aliphatic rings. The standard InChI is InChI=1S/C11H12ClN5O2/c1-7(17-6-14-15-16-17)10(19-11(13)18)8-3-2-4-9(12)5-8/h2-7,10H,1H3,(H2,13,18). The van der Waals surface area contributed by atoms with Gasteiger partial charge in [0.25, 0.3) is 0 Å². The molecule has 1 amide bonds. The Morgan fingerprint density at radius 1 is 1.53 bits per heavy atom. The zero-order chi connectivity index (χ0) is 13.8. The zero-order valence-electron chi connectivity index (χ0n) is 10.1. The number of hydrogen-bond donors (Lipinski definition) is 1. The molecule has 0 fully saturated rings. The van der Waals surface area contributed by atoms with Gasteiger partial charge in [0.15, 0.2) is 6.10 Å². The Morgan fingerprint density at radius 3 is 2.89 bits per heavy atom. The van der Waals surface area contributed by atoms with E-state index in [2.05, 4.69) is 15.5 Å². The molecule has 0 saturated heterocycles. The number of primary amides is 1. The van der Waals surface area contributed by atoms with Gasteiger partial charge < -0.3 is 10.5 Å². The van der Waals surface area contributed by atoms with Gasteiger partial charge in [-0.3, -0.25) is 0 Å². The van der Waals surface area contributed by atoms with Crippen molar-refractivity contribution in [1.82, 2.24) is 20.2 Å². The number of benzene rings is 1. The van der Waals surface area contributed by atoms with Crippen LogP contribution in [-0.4, -0.2) is 26.3 Å². The van der Waals surface area contributed by atoms with Crippen molar-refractivity contribution < 1.29 is 9.53 Å². The van der Waals surface area contributed by atoms with E-state index in [-0.39, 0.29) is 6.04 Å². The Balaban J connectivity index is 2.33. The van der Waals surface area contributed by atoms with E-state index in [1.54, 1.807) is 24.3 Å². The minimum absolute atomic E-state index is 0.319. The highest BCUT2D eigenvalue weighted by atomic mass is 35.5. The van der Waals surface area contributed by atoms with Crippen LogP contribution in [0.3, 0.4) is 0 Å². The van der Waals surface area contributed by atoms with E-state index < -0.39 is 12.2 Å². The lowest BCUT2D eigenvalue weighted by Crippen LogP contribution is -2.24. The van der Waals surface area contributed by atoms with E-state index in [1.807, 2.05) is 6.92 Å². The number of ether oxygens (including phenoxy) is 1. The highest BCUT2D eigenvalue weighted by Gasteiger charge is 2.25. The minimum atomic E-state index is -0.870. The lowest BCUT2D eigenvalue weighted by Gasteiger charge is -2.23. The maximum absolute atomic E-state index is 11.0. The molecule has 0 radical (unpaired) electrons. The smallest absolute Gasteiger partial charge is 0.405 e. The molecule has 2 unspecified atom stereocenters. The van der Waals surface area contributed by atoms with E-state index in [1.165, 1.54) is 11.0 Å². The number of aromatic nitrogens is 4. The van der Waals surface area contributed by atoms with Crippen molar-refractivity contribution >= 4 is 17.7 Å². The molecule has 100 valence electrons. The van der Waals surface area contributed by atoms with Crippen molar-refractivity contribution in [2.45, 2.75) is 19.1 Å². The van der Waals surface area contributed by atoms with Gasteiger partial charge in [0.05, 0.1) is 6.04 Å². The summed E-state index contributed by atoms with van der Waals surface area (Å²) in [7, 11) is 0. The van der Waals surface area contributed by atoms with Crippen molar-refractivity contribution in [3.8, 4) is 0 Å². The molecule has 1 aromatic heterocycles. The second kappa shape index (κ2) is 5.66. The maximum Gasteiger partial charge on any atom is 0.405 e. The van der Waals surface area contributed by atoms with Crippen LogP contribution in [-0.2, 0) is 4.74 Å². The molecule has 19 heavy (non-hydrogen) atoms. The van der Waals surface area contributed by atoms with Crippen LogP contribution in [0.4, 0.5) is 4.79 Å². The molecule has 8 heteroatoms. The van der Waals surface area contributed by atoms with Crippen LogP contribution in [0.1, 0.15) is 24.6 Å². The third-order valence-electron chi connectivity index (χ3n) is 2.64. The zero-order valence-corrected chi connectivity index (χ0v) is 10.9. The van der Waals surface area contributed by atoms with Crippen LogP contribution in [0.15, 0.2) is 30.6 Å². The second-order valence-corrected chi connectivity index (χ2v) is 4.38. The summed E-state index contributed by atoms with van der Waals surface area (Å²) in [6, 6.07) is 6.67. The summed E-state index contributed by atoms with van der Waals surface area (Å²) in [5.41, 5.74) is 5.82. The number of halogens is 1. The van der Waals surface area contributed by atoms with E-state index >= 15 is 0 Å². The first kappa shape index (κ1) is 13.3. The average Bonchev–Trinajstić information content (AvgIpc) is 2.88. The predicted octanol–water partition coefficient (Wildman–Crippen LogP) is 1.72. The first-order valence-electron chi connectivity index (χ1n) is 5.52. The third kappa shape index (κ3) is 3.19. The molecule has 0 aliphatic carbocycles. The first-order valence-corrected chi connectivity index (χ1v) is 5.89. The first-order chi connectivity index (χ1) is 9.08. The van der Waals surface area contributed by atoms with E-state index in [4.69, 9.17) is 22.1 Å². The number of tetrazole rings is 1. The van der Waals surface area contributed by atoms with Gasteiger partial charge in [-0.1, -0.05) is 23.7 Å². The van der Waals surface area contributed by atoms with Gasteiger partial charge in [-0.2, -0.15) is 0 Å². The fraction of sp³-hybridized carbons (Fsp3) is 0.273. The predicted molar refractivity (Wildman–Crippen MR) is 67.4 cm³/mol. The van der Waals surface area contributed by atoms with Gasteiger partial charge in [-0.15, -0.1) is 5.10 Å². The van der Waals surface area contributed by atoms with E-state index in [0.29, 0.717) is 10.6 Å². The van der Waals surface area contributed by atoms with E-state index in [0.717, 1.165) is 0 Å². The van der Waals surface area contributed by atoms with Crippen LogP contribution >= 0.6 is 11.6 Å². The number of carbonyl (C=O) groups excluding carboxylic acids is 1. The van der Waals surface area contributed by atoms with Crippen LogP contribution in [0.25, 0.3) is 0 Å². The summed E-state index contributed by atoms with van der Waals surface area (Å²) < 4.78 is 6.62. The molecule has 0 bridgehead atoms. The molecule has 7 nitrogen and oxygen atoms in total. The highest BCUT2D eigenvalue weighted by molar-refractivity contribution is 6.30. The third-order valence-corrected chi connectivity index (χ3v) is 2.88. The summed E-state index contributed by atoms with van der Waals surface area (Å²) in [6.45, 7) is 1.81. The number of amides is 1. The van der Waals surface area contributed by atoms with E-state index in [9.17, 15) is 4.79 Å². The van der Waals surface area contributed by atoms with Crippen LogP contribution in [0.5, 0.6) is 0 Å². The summed E-state index contributed by atoms with van der Waals surface area (Å²) >= 11 is 5.94. The molecular formula is C11H12ClN5O2. The molecule has 0 spiro atoms. The minimum Gasteiger partial charge on any atom is -0.439 e. The fourth-order valence-electron chi connectivity index (χ4n) is 1.75. The lowest BCUT2D eigenvalue weighted by atomic mass is 10.0. The summed E-state index contributed by atoms with van der Waals surface area (Å²) in [6.07, 6.45) is -0.0587. The number of nitrogens with zero attached hydrogens (tertiary/aromatic N) is 4. The quantitative estimate of drug-likeness (QED) is 0.920. The summed E-state index contributed by atoms with van der Waals surface area (Å²) in [5, 5.41) is 11.4. The van der Waals surface area contributed by atoms with Crippen LogP contribution in [0, 0.1) is 0 Å². The molecule has 2 rings (SSSR count). The molecule has 2 aromatic rings. The molecule has 1 aromatic carbocycles. The lowest BCUT2D eigenvalue weighted by molar-refractivity contribution is 0.0721. The average molecular weight is 282 g/mol. The number of hydrogen-bond acceptors (Lipinski definition) is 5. The molecule has 2 atom stereocenters. The van der Waals surface area contributed by atoms with Crippen molar-refractivity contribution in [3.05, 3.63) is 41.2 Å². The van der Waals surface area contributed by atoms with Crippen molar-refractivity contribution in [2.75, 3.05) is 0 Å². The Labute approximate surface area is 114 Å². The maximum atomic E-state index is 11.0. The summed E-state index contributed by atoms with van der Waals surface area (Å²) in [5.74, 6) is 0. The Bertz CT molecular complexity index is 560. The Kier molecular flexibility index (Phi) is 3.96. The molecule has 0 aliphatic heterocycles. The number of nitrogens with two attached hydrogens (primary N) is 1. The molecule has 0 saturated carbocycles. The molecular weight excluding hydrogens is 270 g/mol. The van der Waals surface area contributed by atoms with Crippen molar-refractivity contribution in [1.29, 1.82) is 0 Å². The monoisotopic (exact) mass is 281 g/mol. The Hall–Kier alpha value is -2.15. The number of carbonyl (C=O) groups is 1. The summed E-state index contributed by atoms with van der Waals surface area (Å²) in [4.78, 5) is 11.0. The largest absolute Gasteiger partial charge is 0.439 e. The van der Waals surface area contributed by atoms with Crippen molar-refractivity contribution in [3.63, 3.8) is 0 Å². The van der Waals surface area contributed by atoms with Crippen molar-refractivity contribution in [2.24, 2.45) is 5.73 Å². The van der Waals surface area contributed by atoms with Gasteiger partial charge in [0, 0.05) is 5.02 Å². The molecule has 1 heterocycles. The second-order valence-electron chi connectivity index (χ2n) is 3.94. The van der Waals surface area contributed by atoms with Crippen LogP contribution < -0.4 is 5.73 Å². The fourth-order valence-corrected chi connectivity index (χ4v) is 1.95. The molecule has 2 N–H and O–H groups in total. The van der Waals surface area contributed by atoms with Gasteiger partial charge in [-0.25, -0.2) is 9.48 Å². The normalized spacial score (nSPS) is 13.8. The van der Waals surface area contributed by atoms with Gasteiger partial charge >= 0.3 is 6.09 Å². The van der Waals surface area contributed by atoms with Gasteiger partial charge in [0.2, 0.25) is 0 Å². The Morgan fingerprint density at radius 2 is 2.32 bits per heavy atom.